The first-order valence-corrected chi connectivity index (χ1v) is 14.3. The number of nitrogens with one attached hydrogen (secondary N) is 1. The molecule has 5 rings (SSSR count). The Bertz CT molecular complexity index is 1720. The maximum atomic E-state index is 13.7. The lowest BCUT2D eigenvalue weighted by Crippen LogP contribution is -2.35. The van der Waals surface area contributed by atoms with Crippen LogP contribution in [0.1, 0.15) is 35.0 Å². The number of anilines is 1. The number of sulfonamides is 1. The van der Waals surface area contributed by atoms with E-state index in [0.29, 0.717) is 25.3 Å². The van der Waals surface area contributed by atoms with Crippen molar-refractivity contribution in [2.24, 2.45) is 0 Å². The fraction of sp³-hybridized carbons (Fsp3) is 0.250. The monoisotopic (exact) mass is 564 g/mol. The van der Waals surface area contributed by atoms with E-state index < -0.39 is 21.7 Å². The van der Waals surface area contributed by atoms with Crippen LogP contribution in [0.15, 0.2) is 60.8 Å². The number of carbonyl (C=O) groups is 1. The molecule has 1 aliphatic rings. The number of benzene rings is 2. The molecule has 3 heterocycles. The van der Waals surface area contributed by atoms with Gasteiger partial charge in [-0.2, -0.15) is 4.31 Å². The highest BCUT2D eigenvalue weighted by Crippen LogP contribution is 2.32. The van der Waals surface area contributed by atoms with Gasteiger partial charge in [-0.3, -0.25) is 9.20 Å². The summed E-state index contributed by atoms with van der Waals surface area (Å²) in [5.74, 6) is 0.250. The van der Waals surface area contributed by atoms with Crippen molar-refractivity contribution in [2.75, 3.05) is 31.7 Å². The number of nitrogens with zero attached hydrogens (tertiary/aromatic N) is 4. The first kappa shape index (κ1) is 27.3. The van der Waals surface area contributed by atoms with Gasteiger partial charge in [0.15, 0.2) is 0 Å². The Morgan fingerprint density at radius 2 is 1.95 bits per heavy atom. The average Bonchev–Trinajstić information content (AvgIpc) is 3.37. The molecule has 12 heteroatoms. The molecular weight excluding hydrogens is 535 g/mol. The van der Waals surface area contributed by atoms with Crippen LogP contribution < -0.4 is 15.8 Å². The number of hydrogen-bond acceptors (Lipinski definition) is 7. The maximum Gasteiger partial charge on any atom is 0.255 e. The molecule has 0 bridgehead atoms. The van der Waals surface area contributed by atoms with Crippen LogP contribution in [0.2, 0.25) is 0 Å². The lowest BCUT2D eigenvalue weighted by atomic mass is 10.1. The van der Waals surface area contributed by atoms with Crippen LogP contribution >= 0.6 is 0 Å². The van der Waals surface area contributed by atoms with Crippen molar-refractivity contribution < 1.29 is 22.3 Å². The van der Waals surface area contributed by atoms with Gasteiger partial charge in [0.05, 0.1) is 29.6 Å². The average molecular weight is 565 g/mol. The molecule has 0 unspecified atom stereocenters. The van der Waals surface area contributed by atoms with E-state index in [-0.39, 0.29) is 29.6 Å². The quantitative estimate of drug-likeness (QED) is 0.335. The third kappa shape index (κ3) is 5.27. The Labute approximate surface area is 231 Å². The molecule has 2 aromatic carbocycles. The van der Waals surface area contributed by atoms with Gasteiger partial charge in [-0.05, 0) is 48.7 Å². The molecule has 0 saturated carbocycles. The third-order valence-corrected chi connectivity index (χ3v) is 8.73. The summed E-state index contributed by atoms with van der Waals surface area (Å²) in [6, 6.07) is 13.1. The van der Waals surface area contributed by atoms with Gasteiger partial charge in [-0.25, -0.2) is 22.8 Å². The topological polar surface area (TPSA) is 132 Å². The molecule has 4 aromatic rings. The minimum atomic E-state index is -3.27. The largest absolute Gasteiger partial charge is 0.496 e. The number of carbonyl (C=O) groups excluding carboxylic acids is 1. The molecule has 1 aliphatic heterocycles. The number of rotatable bonds is 8. The first-order valence-electron chi connectivity index (χ1n) is 12.7. The summed E-state index contributed by atoms with van der Waals surface area (Å²) in [5, 5.41) is 2.79. The number of aromatic nitrogens is 3. The zero-order valence-corrected chi connectivity index (χ0v) is 22.9. The van der Waals surface area contributed by atoms with E-state index in [0.717, 1.165) is 34.0 Å². The van der Waals surface area contributed by atoms with E-state index >= 15 is 0 Å². The summed E-state index contributed by atoms with van der Waals surface area (Å²) in [5.41, 5.74) is 10.4. The second kappa shape index (κ2) is 11.1. The highest BCUT2D eigenvalue weighted by molar-refractivity contribution is 7.89. The highest BCUT2D eigenvalue weighted by atomic mass is 32.2. The van der Waals surface area contributed by atoms with Gasteiger partial charge in [0.2, 0.25) is 16.0 Å². The summed E-state index contributed by atoms with van der Waals surface area (Å²) < 4.78 is 46.6. The van der Waals surface area contributed by atoms with Gasteiger partial charge >= 0.3 is 0 Å². The van der Waals surface area contributed by atoms with Gasteiger partial charge in [0.25, 0.3) is 5.91 Å². The zero-order chi connectivity index (χ0) is 28.4. The van der Waals surface area contributed by atoms with Gasteiger partial charge in [-0.1, -0.05) is 30.3 Å². The number of nitrogen functional groups attached to an aromatic ring is 1. The number of ether oxygens (including phenoxy) is 1. The molecule has 208 valence electrons. The molecule has 2 aromatic heterocycles. The van der Waals surface area contributed by atoms with Crippen LogP contribution in [-0.2, 0) is 16.6 Å². The first-order chi connectivity index (χ1) is 19.2. The highest BCUT2D eigenvalue weighted by Gasteiger charge is 2.25. The van der Waals surface area contributed by atoms with Crippen LogP contribution in [-0.4, -0.2) is 59.0 Å². The van der Waals surface area contributed by atoms with Crippen molar-refractivity contribution in [2.45, 2.75) is 19.9 Å². The summed E-state index contributed by atoms with van der Waals surface area (Å²) >= 11 is 0. The molecule has 0 saturated heterocycles. The molecule has 1 amide bonds. The zero-order valence-electron chi connectivity index (χ0n) is 22.1. The number of fused-ring (bicyclic) bond motifs is 1. The van der Waals surface area contributed by atoms with E-state index in [1.165, 1.54) is 23.5 Å². The van der Waals surface area contributed by atoms with Crippen molar-refractivity contribution in [3.05, 3.63) is 83.4 Å². The number of methoxy groups -OCH3 is 1. The molecule has 0 fully saturated rings. The number of nitrogens with two attached hydrogens (primary N) is 1. The van der Waals surface area contributed by atoms with Crippen molar-refractivity contribution in [1.82, 2.24) is 24.0 Å². The Morgan fingerprint density at radius 1 is 1.18 bits per heavy atom. The standard InChI is InChI=1S/C28H29FN6O4S/c1-3-40(37,38)34-14-11-19(12-15-34)25-23-10-13-31-28(30)35(23)26(33-25)20-6-4-18(5-7-20)17-32-27(36)22-16-21(29)8-9-24(22)39-2/h4-11,13,16H,3,12,14-15,17H2,1-2H3,(H2,30,31)(H,32,36). The van der Waals surface area contributed by atoms with Gasteiger partial charge in [0, 0.05) is 31.4 Å². The molecule has 40 heavy (non-hydrogen) atoms. The summed E-state index contributed by atoms with van der Waals surface area (Å²) in [7, 11) is -1.84. The van der Waals surface area contributed by atoms with Crippen LogP contribution in [0.4, 0.5) is 10.3 Å². The predicted molar refractivity (Wildman–Crippen MR) is 151 cm³/mol. The van der Waals surface area contributed by atoms with Gasteiger partial charge < -0.3 is 15.8 Å². The molecule has 0 atom stereocenters. The van der Waals surface area contributed by atoms with E-state index in [1.807, 2.05) is 36.4 Å². The second-order valence-corrected chi connectivity index (χ2v) is 11.5. The number of hydrogen-bond donors (Lipinski definition) is 2. The smallest absolute Gasteiger partial charge is 0.255 e. The van der Waals surface area contributed by atoms with Crippen LogP contribution in [0.25, 0.3) is 22.5 Å². The molecule has 0 aliphatic carbocycles. The van der Waals surface area contributed by atoms with Crippen molar-refractivity contribution >= 4 is 33.0 Å². The molecule has 0 radical (unpaired) electrons. The maximum absolute atomic E-state index is 13.7. The minimum Gasteiger partial charge on any atom is -0.496 e. The summed E-state index contributed by atoms with van der Waals surface area (Å²) in [6.45, 7) is 2.54. The molecule has 3 N–H and O–H groups in total. The second-order valence-electron chi connectivity index (χ2n) is 9.27. The van der Waals surface area contributed by atoms with Crippen LogP contribution in [0, 0.1) is 5.82 Å². The van der Waals surface area contributed by atoms with E-state index in [2.05, 4.69) is 10.3 Å². The summed E-state index contributed by atoms with van der Waals surface area (Å²) in [4.78, 5) is 21.8. The van der Waals surface area contributed by atoms with Crippen molar-refractivity contribution in [3.63, 3.8) is 0 Å². The Balaban J connectivity index is 1.39. The van der Waals surface area contributed by atoms with Gasteiger partial charge in [0.1, 0.15) is 17.4 Å². The molecule has 10 nitrogen and oxygen atoms in total. The van der Waals surface area contributed by atoms with E-state index in [9.17, 15) is 17.6 Å². The molecular formula is C28H29FN6O4S. The molecule has 0 spiro atoms. The van der Waals surface area contributed by atoms with E-state index in [4.69, 9.17) is 15.5 Å². The fourth-order valence-corrected chi connectivity index (χ4v) is 5.73. The lowest BCUT2D eigenvalue weighted by molar-refractivity contribution is 0.0947. The Morgan fingerprint density at radius 3 is 2.62 bits per heavy atom. The third-order valence-electron chi connectivity index (χ3n) is 6.89. The summed E-state index contributed by atoms with van der Waals surface area (Å²) in [6.07, 6.45) is 4.05. The van der Waals surface area contributed by atoms with Crippen molar-refractivity contribution in [3.8, 4) is 17.1 Å². The van der Waals surface area contributed by atoms with Crippen LogP contribution in [0.3, 0.4) is 0 Å². The SMILES string of the molecule is CCS(=O)(=O)N1CC=C(c2nc(-c3ccc(CNC(=O)c4cc(F)ccc4OC)cc3)n3c(N)nccc23)CC1. The minimum absolute atomic E-state index is 0.0641. The number of halogens is 1. The Hall–Kier alpha value is -4.29. The fourth-order valence-electron chi connectivity index (χ4n) is 4.70. The Kier molecular flexibility index (Phi) is 7.55. The van der Waals surface area contributed by atoms with Gasteiger partial charge in [-0.15, -0.1) is 0 Å². The normalized spacial score (nSPS) is 14.2. The predicted octanol–water partition coefficient (Wildman–Crippen LogP) is 3.50. The number of amides is 1. The van der Waals surface area contributed by atoms with Crippen LogP contribution in [0.5, 0.6) is 5.75 Å². The van der Waals surface area contributed by atoms with Crippen molar-refractivity contribution in [1.29, 1.82) is 0 Å². The lowest BCUT2D eigenvalue weighted by Gasteiger charge is -2.24. The van der Waals surface area contributed by atoms with E-state index in [1.54, 1.807) is 17.5 Å². The number of imidazole rings is 1.